The highest BCUT2D eigenvalue weighted by atomic mass is 16.3. The van der Waals surface area contributed by atoms with Gasteiger partial charge in [-0.15, -0.1) is 0 Å². The maximum atomic E-state index is 10.6. The number of para-hydroxylation sites is 1. The summed E-state index contributed by atoms with van der Waals surface area (Å²) in [6, 6.07) is 6.32. The van der Waals surface area contributed by atoms with E-state index in [-0.39, 0.29) is 0 Å². The molecule has 0 aliphatic heterocycles. The van der Waals surface area contributed by atoms with Crippen LogP contribution in [0.3, 0.4) is 0 Å². The van der Waals surface area contributed by atoms with E-state index in [2.05, 4.69) is 45.9 Å². The van der Waals surface area contributed by atoms with Crippen molar-refractivity contribution in [3.8, 4) is 5.75 Å². The van der Waals surface area contributed by atoms with E-state index in [0.29, 0.717) is 17.6 Å². The standard InChI is InChI=1S/C18H30O/c1-5-8-11-14(4)16-12-9-13-17(18(16)19)15(7-3)10-6-2/h9,12-15,19H,5-8,10-11H2,1-4H3. The number of rotatable bonds is 8. The first-order chi connectivity index (χ1) is 9.15. The molecule has 2 unspecified atom stereocenters. The van der Waals surface area contributed by atoms with Crippen LogP contribution >= 0.6 is 0 Å². The van der Waals surface area contributed by atoms with Gasteiger partial charge in [0.2, 0.25) is 0 Å². The number of phenols is 1. The summed E-state index contributed by atoms with van der Waals surface area (Å²) in [6.45, 7) is 8.88. The Morgan fingerprint density at radius 3 is 2.26 bits per heavy atom. The summed E-state index contributed by atoms with van der Waals surface area (Å²) in [5, 5.41) is 10.6. The Hall–Kier alpha value is -0.980. The number of aromatic hydroxyl groups is 1. The van der Waals surface area contributed by atoms with Crippen molar-refractivity contribution >= 4 is 0 Å². The van der Waals surface area contributed by atoms with Gasteiger partial charge < -0.3 is 5.11 Å². The molecule has 0 amide bonds. The quantitative estimate of drug-likeness (QED) is 0.611. The zero-order valence-electron chi connectivity index (χ0n) is 13.1. The van der Waals surface area contributed by atoms with E-state index in [4.69, 9.17) is 0 Å². The average molecular weight is 262 g/mol. The minimum atomic E-state index is 0.457. The molecule has 2 atom stereocenters. The Kier molecular flexibility index (Phi) is 6.97. The van der Waals surface area contributed by atoms with Crippen LogP contribution in [0.4, 0.5) is 0 Å². The summed E-state index contributed by atoms with van der Waals surface area (Å²) in [5.41, 5.74) is 2.30. The number of hydrogen-bond acceptors (Lipinski definition) is 1. The molecule has 19 heavy (non-hydrogen) atoms. The first kappa shape index (κ1) is 16.1. The molecule has 0 radical (unpaired) electrons. The second-order valence-corrected chi connectivity index (χ2v) is 5.72. The van der Waals surface area contributed by atoms with Crippen molar-refractivity contribution in [1.29, 1.82) is 0 Å². The van der Waals surface area contributed by atoms with E-state index in [0.717, 1.165) is 30.4 Å². The molecule has 0 saturated carbocycles. The highest BCUT2D eigenvalue weighted by Crippen LogP contribution is 2.38. The van der Waals surface area contributed by atoms with Crippen molar-refractivity contribution in [2.75, 3.05) is 0 Å². The summed E-state index contributed by atoms with van der Waals surface area (Å²) in [5.74, 6) is 1.52. The van der Waals surface area contributed by atoms with E-state index in [1.165, 1.54) is 19.3 Å². The number of hydrogen-bond donors (Lipinski definition) is 1. The van der Waals surface area contributed by atoms with Crippen LogP contribution in [0.15, 0.2) is 18.2 Å². The summed E-state index contributed by atoms with van der Waals surface area (Å²) in [6.07, 6.45) is 7.06. The predicted molar refractivity (Wildman–Crippen MR) is 84.0 cm³/mol. The van der Waals surface area contributed by atoms with Crippen LogP contribution < -0.4 is 0 Å². The second-order valence-electron chi connectivity index (χ2n) is 5.72. The fraction of sp³-hybridized carbons (Fsp3) is 0.667. The Morgan fingerprint density at radius 1 is 1.00 bits per heavy atom. The molecule has 0 saturated heterocycles. The van der Waals surface area contributed by atoms with Gasteiger partial charge in [0, 0.05) is 0 Å². The van der Waals surface area contributed by atoms with Crippen molar-refractivity contribution < 1.29 is 5.11 Å². The Morgan fingerprint density at radius 2 is 1.68 bits per heavy atom. The maximum absolute atomic E-state index is 10.6. The van der Waals surface area contributed by atoms with Gasteiger partial charge in [-0.2, -0.15) is 0 Å². The van der Waals surface area contributed by atoms with E-state index in [9.17, 15) is 5.11 Å². The Labute approximate surface area is 119 Å². The summed E-state index contributed by atoms with van der Waals surface area (Å²) in [7, 11) is 0. The molecule has 1 N–H and O–H groups in total. The number of phenolic OH excluding ortho intramolecular Hbond substituents is 1. The molecule has 0 spiro atoms. The molecule has 0 bridgehead atoms. The third kappa shape index (κ3) is 4.26. The topological polar surface area (TPSA) is 20.2 Å². The van der Waals surface area contributed by atoms with Gasteiger partial charge in [-0.3, -0.25) is 0 Å². The van der Waals surface area contributed by atoms with Gasteiger partial charge in [0.25, 0.3) is 0 Å². The predicted octanol–water partition coefficient (Wildman–Crippen LogP) is 5.98. The van der Waals surface area contributed by atoms with E-state index >= 15 is 0 Å². The van der Waals surface area contributed by atoms with Crippen LogP contribution in [0, 0.1) is 0 Å². The van der Waals surface area contributed by atoms with Gasteiger partial charge in [-0.05, 0) is 42.2 Å². The average Bonchev–Trinajstić information content (AvgIpc) is 2.42. The molecular weight excluding hydrogens is 232 g/mol. The third-order valence-electron chi connectivity index (χ3n) is 4.19. The van der Waals surface area contributed by atoms with Gasteiger partial charge in [-0.25, -0.2) is 0 Å². The Bertz CT molecular complexity index is 370. The Balaban J connectivity index is 2.96. The molecule has 1 rings (SSSR count). The first-order valence-electron chi connectivity index (χ1n) is 7.97. The largest absolute Gasteiger partial charge is 0.507 e. The molecule has 1 aromatic rings. The van der Waals surface area contributed by atoms with Crippen LogP contribution in [0.1, 0.15) is 89.2 Å². The van der Waals surface area contributed by atoms with Crippen LogP contribution in [0.2, 0.25) is 0 Å². The van der Waals surface area contributed by atoms with E-state index in [1.54, 1.807) is 0 Å². The lowest BCUT2D eigenvalue weighted by atomic mass is 9.86. The van der Waals surface area contributed by atoms with E-state index in [1.807, 2.05) is 0 Å². The molecule has 1 heteroatoms. The van der Waals surface area contributed by atoms with Gasteiger partial charge in [0.15, 0.2) is 0 Å². The lowest BCUT2D eigenvalue weighted by Crippen LogP contribution is -2.01. The summed E-state index contributed by atoms with van der Waals surface area (Å²) in [4.78, 5) is 0. The fourth-order valence-corrected chi connectivity index (χ4v) is 2.90. The highest BCUT2D eigenvalue weighted by molar-refractivity contribution is 5.44. The highest BCUT2D eigenvalue weighted by Gasteiger charge is 2.17. The zero-order valence-corrected chi connectivity index (χ0v) is 13.1. The van der Waals surface area contributed by atoms with Crippen LogP contribution in [0.25, 0.3) is 0 Å². The normalized spacial score (nSPS) is 14.3. The molecule has 0 heterocycles. The lowest BCUT2D eigenvalue weighted by molar-refractivity contribution is 0.440. The summed E-state index contributed by atoms with van der Waals surface area (Å²) >= 11 is 0. The van der Waals surface area contributed by atoms with Gasteiger partial charge in [-0.1, -0.05) is 65.2 Å². The van der Waals surface area contributed by atoms with Crippen LogP contribution in [-0.2, 0) is 0 Å². The molecule has 1 nitrogen and oxygen atoms in total. The second kappa shape index (κ2) is 8.24. The van der Waals surface area contributed by atoms with Crippen molar-refractivity contribution in [1.82, 2.24) is 0 Å². The third-order valence-corrected chi connectivity index (χ3v) is 4.19. The lowest BCUT2D eigenvalue weighted by Gasteiger charge is -2.20. The zero-order chi connectivity index (χ0) is 14.3. The molecular formula is C18H30O. The molecule has 0 aliphatic rings. The smallest absolute Gasteiger partial charge is 0.122 e. The number of unbranched alkanes of at least 4 members (excludes halogenated alkanes) is 1. The molecule has 0 fully saturated rings. The molecule has 1 aromatic carbocycles. The number of benzene rings is 1. The minimum absolute atomic E-state index is 0.457. The van der Waals surface area contributed by atoms with Gasteiger partial charge in [0.1, 0.15) is 5.75 Å². The van der Waals surface area contributed by atoms with Crippen LogP contribution in [0.5, 0.6) is 5.75 Å². The summed E-state index contributed by atoms with van der Waals surface area (Å²) < 4.78 is 0. The molecule has 0 aliphatic carbocycles. The van der Waals surface area contributed by atoms with Crippen molar-refractivity contribution in [2.24, 2.45) is 0 Å². The van der Waals surface area contributed by atoms with Gasteiger partial charge in [0.05, 0.1) is 0 Å². The van der Waals surface area contributed by atoms with Crippen molar-refractivity contribution in [2.45, 2.75) is 78.1 Å². The molecule has 108 valence electrons. The van der Waals surface area contributed by atoms with Crippen molar-refractivity contribution in [3.05, 3.63) is 29.3 Å². The van der Waals surface area contributed by atoms with Crippen LogP contribution in [-0.4, -0.2) is 5.11 Å². The molecule has 0 aromatic heterocycles. The first-order valence-corrected chi connectivity index (χ1v) is 7.97. The fourth-order valence-electron chi connectivity index (χ4n) is 2.90. The maximum Gasteiger partial charge on any atom is 0.122 e. The monoisotopic (exact) mass is 262 g/mol. The minimum Gasteiger partial charge on any atom is -0.507 e. The van der Waals surface area contributed by atoms with Gasteiger partial charge >= 0.3 is 0 Å². The van der Waals surface area contributed by atoms with Crippen molar-refractivity contribution in [3.63, 3.8) is 0 Å². The SMILES string of the molecule is CCCCC(C)c1cccc(C(CC)CCC)c1O. The van der Waals surface area contributed by atoms with E-state index < -0.39 is 0 Å².